The topological polar surface area (TPSA) is 19.1 Å². The molecule has 0 saturated heterocycles. The van der Waals surface area contributed by atoms with Gasteiger partial charge >= 0.3 is 0 Å². The Kier molecular flexibility index (Phi) is 9.44. The highest BCUT2D eigenvalue weighted by atomic mass is 16.5. The molecule has 3 heteroatoms. The number of benzene rings is 8. The zero-order valence-electron chi connectivity index (χ0n) is 36.0. The number of ether oxygens (including phenoxy) is 1. The maximum atomic E-state index is 6.93. The summed E-state index contributed by atoms with van der Waals surface area (Å²) < 4.78 is 11.7. The third-order valence-corrected chi connectivity index (χ3v) is 12.4. The number of aromatic nitrogens is 2. The minimum absolute atomic E-state index is 0.00140. The van der Waals surface area contributed by atoms with Crippen LogP contribution >= 0.6 is 0 Å². The van der Waals surface area contributed by atoms with E-state index in [1.165, 1.54) is 60.3 Å². The number of para-hydroxylation sites is 3. The van der Waals surface area contributed by atoms with Gasteiger partial charge in [-0.05, 0) is 127 Å². The molecule has 3 nitrogen and oxygen atoms in total. The summed E-state index contributed by atoms with van der Waals surface area (Å²) in [5.41, 5.74) is 15.0. The van der Waals surface area contributed by atoms with Crippen LogP contribution in [0.3, 0.4) is 0 Å². The summed E-state index contributed by atoms with van der Waals surface area (Å²) in [6, 6.07) is 66.7. The molecular weight excluding hydrogens is 741 g/mol. The summed E-state index contributed by atoms with van der Waals surface area (Å²) in [4.78, 5) is 0. The second-order valence-electron chi connectivity index (χ2n) is 18.2. The minimum atomic E-state index is -0.382. The van der Waals surface area contributed by atoms with Crippen molar-refractivity contribution in [1.29, 1.82) is 0 Å². The highest BCUT2D eigenvalue weighted by Crippen LogP contribution is 2.46. The fraction of sp³-hybridized carbons (Fsp3) is 0.172. The molecule has 8 aromatic carbocycles. The van der Waals surface area contributed by atoms with Gasteiger partial charge in [-0.15, -0.1) is 0 Å². The molecule has 2 aromatic heterocycles. The average Bonchev–Trinajstić information content (AvgIpc) is 3.79. The van der Waals surface area contributed by atoms with Gasteiger partial charge < -0.3 is 13.9 Å². The Morgan fingerprint density at radius 1 is 0.410 bits per heavy atom. The van der Waals surface area contributed by atoms with Crippen molar-refractivity contribution in [2.75, 3.05) is 0 Å². The van der Waals surface area contributed by atoms with Crippen LogP contribution in [0, 0.1) is 0 Å². The van der Waals surface area contributed by atoms with Crippen molar-refractivity contribution in [2.45, 2.75) is 65.4 Å². The highest BCUT2D eigenvalue weighted by Gasteiger charge is 2.27. The van der Waals surface area contributed by atoms with Crippen molar-refractivity contribution in [3.05, 3.63) is 188 Å². The van der Waals surface area contributed by atoms with Crippen molar-refractivity contribution >= 4 is 43.6 Å². The third kappa shape index (κ3) is 6.88. The van der Waals surface area contributed by atoms with E-state index >= 15 is 0 Å². The Labute approximate surface area is 359 Å². The second kappa shape index (κ2) is 15.0. The molecule has 0 N–H and O–H groups in total. The maximum Gasteiger partial charge on any atom is 0.135 e. The SMILES string of the molecule is CCCC(C)(C)c1cc(-c2ccccc2)c(OC(C)(C)C)c(-c2ccc(-n3c4ccccc4c4cc(-c5cccc(-n6c7ccccc7c7ccccc76)c5)ccc43)cc2)c1. The number of fused-ring (bicyclic) bond motifs is 6. The summed E-state index contributed by atoms with van der Waals surface area (Å²) in [7, 11) is 0. The lowest BCUT2D eigenvalue weighted by molar-refractivity contribution is 0.132. The standard InChI is InChI=1S/C58H52N2O/c1-7-34-58(5,6)43-37-49(39-18-9-8-10-19-39)56(61-57(2,3)4)50(38-43)40-28-31-44(32-29-40)59-54-27-16-13-24-48(54)51-36-42(30-33-55(51)59)41-20-17-21-45(35-41)60-52-25-14-11-22-46(52)47-23-12-15-26-53(47)60/h8-33,35-38H,7,34H2,1-6H3. The van der Waals surface area contributed by atoms with E-state index < -0.39 is 0 Å². The number of nitrogens with zero attached hydrogens (tertiary/aromatic N) is 2. The zero-order chi connectivity index (χ0) is 41.9. The smallest absolute Gasteiger partial charge is 0.135 e. The molecule has 0 unspecified atom stereocenters. The van der Waals surface area contributed by atoms with Gasteiger partial charge in [-0.25, -0.2) is 0 Å². The normalized spacial score (nSPS) is 12.2. The van der Waals surface area contributed by atoms with Gasteiger partial charge in [0.05, 0.1) is 22.1 Å². The fourth-order valence-corrected chi connectivity index (χ4v) is 9.50. The summed E-state index contributed by atoms with van der Waals surface area (Å²) in [6.07, 6.45) is 2.22. The molecule has 0 atom stereocenters. The first kappa shape index (κ1) is 38.4. The summed E-state index contributed by atoms with van der Waals surface area (Å²) in [6.45, 7) is 13.4. The molecule has 10 aromatic rings. The molecule has 0 aliphatic heterocycles. The van der Waals surface area contributed by atoms with Crippen molar-refractivity contribution in [3.63, 3.8) is 0 Å². The fourth-order valence-electron chi connectivity index (χ4n) is 9.50. The molecule has 10 rings (SSSR count). The van der Waals surface area contributed by atoms with Gasteiger partial charge in [-0.2, -0.15) is 0 Å². The Hall–Kier alpha value is -6.84. The molecule has 0 spiro atoms. The summed E-state index contributed by atoms with van der Waals surface area (Å²) in [5, 5.41) is 5.01. The number of rotatable bonds is 9. The Morgan fingerprint density at radius 2 is 0.885 bits per heavy atom. The first-order valence-corrected chi connectivity index (χ1v) is 21.7. The van der Waals surface area contributed by atoms with Crippen molar-refractivity contribution in [2.24, 2.45) is 0 Å². The van der Waals surface area contributed by atoms with E-state index in [0.29, 0.717) is 0 Å². The molecule has 0 saturated carbocycles. The molecule has 300 valence electrons. The van der Waals surface area contributed by atoms with Crippen LogP contribution in [-0.2, 0) is 5.41 Å². The number of hydrogen-bond acceptors (Lipinski definition) is 1. The Bertz CT molecular complexity index is 3170. The molecule has 0 amide bonds. The molecule has 0 aliphatic rings. The van der Waals surface area contributed by atoms with Gasteiger partial charge in [-0.3, -0.25) is 0 Å². The van der Waals surface area contributed by atoms with Crippen LogP contribution in [0.4, 0.5) is 0 Å². The molecule has 61 heavy (non-hydrogen) atoms. The molecule has 2 heterocycles. The van der Waals surface area contributed by atoms with E-state index in [0.717, 1.165) is 52.2 Å². The van der Waals surface area contributed by atoms with Gasteiger partial charge in [-0.1, -0.05) is 142 Å². The predicted octanol–water partition coefficient (Wildman–Crippen LogP) is 16.1. The van der Waals surface area contributed by atoms with E-state index in [2.05, 4.69) is 233 Å². The van der Waals surface area contributed by atoms with Crippen molar-refractivity contribution in [1.82, 2.24) is 9.13 Å². The lowest BCUT2D eigenvalue weighted by atomic mass is 9.78. The van der Waals surface area contributed by atoms with Crippen LogP contribution in [0.15, 0.2) is 182 Å². The first-order chi connectivity index (χ1) is 29.6. The van der Waals surface area contributed by atoms with E-state index in [1.807, 2.05) is 0 Å². The third-order valence-electron chi connectivity index (χ3n) is 12.4. The minimum Gasteiger partial charge on any atom is -0.487 e. The second-order valence-corrected chi connectivity index (χ2v) is 18.2. The van der Waals surface area contributed by atoms with Crippen LogP contribution in [0.1, 0.15) is 59.9 Å². The van der Waals surface area contributed by atoms with Gasteiger partial charge in [0.2, 0.25) is 0 Å². The van der Waals surface area contributed by atoms with Gasteiger partial charge in [0.25, 0.3) is 0 Å². The lowest BCUT2D eigenvalue weighted by Gasteiger charge is -2.30. The molecule has 0 radical (unpaired) electrons. The largest absolute Gasteiger partial charge is 0.487 e. The van der Waals surface area contributed by atoms with Gasteiger partial charge in [0.1, 0.15) is 11.4 Å². The summed E-state index contributed by atoms with van der Waals surface area (Å²) in [5.74, 6) is 0.925. The first-order valence-electron chi connectivity index (χ1n) is 21.7. The highest BCUT2D eigenvalue weighted by molar-refractivity contribution is 6.11. The van der Waals surface area contributed by atoms with Crippen LogP contribution in [-0.4, -0.2) is 14.7 Å². The van der Waals surface area contributed by atoms with Crippen LogP contribution in [0.5, 0.6) is 5.75 Å². The molecule has 0 aliphatic carbocycles. The van der Waals surface area contributed by atoms with E-state index in [4.69, 9.17) is 4.74 Å². The van der Waals surface area contributed by atoms with Crippen LogP contribution in [0.25, 0.3) is 88.4 Å². The monoisotopic (exact) mass is 792 g/mol. The average molecular weight is 793 g/mol. The molecule has 0 bridgehead atoms. The van der Waals surface area contributed by atoms with Crippen molar-refractivity contribution in [3.8, 4) is 50.5 Å². The van der Waals surface area contributed by atoms with Gasteiger partial charge in [0.15, 0.2) is 0 Å². The quantitative estimate of drug-likeness (QED) is 0.142. The van der Waals surface area contributed by atoms with E-state index in [1.54, 1.807) is 0 Å². The Morgan fingerprint density at radius 3 is 1.48 bits per heavy atom. The van der Waals surface area contributed by atoms with Crippen LogP contribution in [0.2, 0.25) is 0 Å². The predicted molar refractivity (Wildman–Crippen MR) is 260 cm³/mol. The summed E-state index contributed by atoms with van der Waals surface area (Å²) >= 11 is 0. The molecule has 0 fully saturated rings. The van der Waals surface area contributed by atoms with E-state index in [9.17, 15) is 0 Å². The number of hydrogen-bond donors (Lipinski definition) is 0. The maximum absolute atomic E-state index is 6.93. The van der Waals surface area contributed by atoms with Crippen molar-refractivity contribution < 1.29 is 4.74 Å². The van der Waals surface area contributed by atoms with Crippen LogP contribution < -0.4 is 4.74 Å². The molecular formula is C58H52N2O. The zero-order valence-corrected chi connectivity index (χ0v) is 36.0. The van der Waals surface area contributed by atoms with Gasteiger partial charge in [0, 0.05) is 44.0 Å². The lowest BCUT2D eigenvalue weighted by Crippen LogP contribution is -2.24. The van der Waals surface area contributed by atoms with E-state index in [-0.39, 0.29) is 11.0 Å². The Balaban J connectivity index is 1.08.